The first-order valence-electron chi connectivity index (χ1n) is 8.39. The Balaban J connectivity index is 1.60. The van der Waals surface area contributed by atoms with Gasteiger partial charge in [0.05, 0.1) is 4.47 Å². The molecule has 0 atom stereocenters. The van der Waals surface area contributed by atoms with Crippen LogP contribution in [0.1, 0.15) is 5.56 Å². The molecule has 0 saturated heterocycles. The highest BCUT2D eigenvalue weighted by atomic mass is 79.9. The van der Waals surface area contributed by atoms with E-state index in [-0.39, 0.29) is 12.5 Å². The summed E-state index contributed by atoms with van der Waals surface area (Å²) >= 11 is 3.54. The number of hydrogen-bond acceptors (Lipinski definition) is 2. The molecular formula is C22H20BrNO2. The van der Waals surface area contributed by atoms with Crippen molar-refractivity contribution in [1.82, 2.24) is 4.90 Å². The molecule has 1 amide bonds. The molecule has 3 aromatic carbocycles. The molecule has 0 aliphatic rings. The standard InChI is InChI=1S/C22H20BrNO2/c1-24(15-17-8-4-2-5-9-17)22(25)16-26-21-13-12-19(14-20(21)23)18-10-6-3-7-11-18/h2-14H,15-16H2,1H3. The molecule has 4 heteroatoms. The predicted molar refractivity (Wildman–Crippen MR) is 108 cm³/mol. The largest absolute Gasteiger partial charge is 0.483 e. The number of benzene rings is 3. The summed E-state index contributed by atoms with van der Waals surface area (Å²) in [6.45, 7) is 0.573. The molecule has 132 valence electrons. The Kier molecular flexibility index (Phi) is 6.08. The lowest BCUT2D eigenvalue weighted by Gasteiger charge is -2.18. The van der Waals surface area contributed by atoms with Crippen LogP contribution in [0.15, 0.2) is 83.3 Å². The van der Waals surface area contributed by atoms with Gasteiger partial charge in [0.25, 0.3) is 5.91 Å². The van der Waals surface area contributed by atoms with Gasteiger partial charge in [-0.1, -0.05) is 66.7 Å². The number of carbonyl (C=O) groups is 1. The van der Waals surface area contributed by atoms with E-state index < -0.39 is 0 Å². The van der Waals surface area contributed by atoms with Crippen molar-refractivity contribution in [2.24, 2.45) is 0 Å². The monoisotopic (exact) mass is 409 g/mol. The second-order valence-corrected chi connectivity index (χ2v) is 6.89. The van der Waals surface area contributed by atoms with Gasteiger partial charge in [-0.15, -0.1) is 0 Å². The number of halogens is 1. The van der Waals surface area contributed by atoms with Crippen LogP contribution in [0, 0.1) is 0 Å². The summed E-state index contributed by atoms with van der Waals surface area (Å²) < 4.78 is 6.54. The SMILES string of the molecule is CN(Cc1ccccc1)C(=O)COc1ccc(-c2ccccc2)cc1Br. The second kappa shape index (κ2) is 8.68. The van der Waals surface area contributed by atoms with Crippen LogP contribution < -0.4 is 4.74 Å². The van der Waals surface area contributed by atoms with E-state index in [1.165, 1.54) is 0 Å². The summed E-state index contributed by atoms with van der Waals surface area (Å²) in [6.07, 6.45) is 0. The number of likely N-dealkylation sites (N-methyl/N-ethyl adjacent to an activating group) is 1. The van der Waals surface area contributed by atoms with Gasteiger partial charge >= 0.3 is 0 Å². The van der Waals surface area contributed by atoms with Gasteiger partial charge in [0.15, 0.2) is 6.61 Å². The van der Waals surface area contributed by atoms with Gasteiger partial charge in [-0.2, -0.15) is 0 Å². The van der Waals surface area contributed by atoms with Crippen molar-refractivity contribution < 1.29 is 9.53 Å². The quantitative estimate of drug-likeness (QED) is 0.562. The summed E-state index contributed by atoms with van der Waals surface area (Å²) in [4.78, 5) is 14.0. The van der Waals surface area contributed by atoms with E-state index in [0.29, 0.717) is 12.3 Å². The lowest BCUT2D eigenvalue weighted by atomic mass is 10.1. The molecule has 0 aliphatic heterocycles. The maximum Gasteiger partial charge on any atom is 0.260 e. The third kappa shape index (κ3) is 4.73. The van der Waals surface area contributed by atoms with Crippen molar-refractivity contribution in [3.63, 3.8) is 0 Å². The topological polar surface area (TPSA) is 29.5 Å². The third-order valence-electron chi connectivity index (χ3n) is 4.08. The summed E-state index contributed by atoms with van der Waals surface area (Å²) in [6, 6.07) is 25.9. The molecule has 0 N–H and O–H groups in total. The number of nitrogens with zero attached hydrogens (tertiary/aromatic N) is 1. The van der Waals surface area contributed by atoms with Crippen LogP contribution in [0.25, 0.3) is 11.1 Å². The zero-order valence-electron chi connectivity index (χ0n) is 14.6. The molecule has 0 aliphatic carbocycles. The number of hydrogen-bond donors (Lipinski definition) is 0. The minimum atomic E-state index is -0.0621. The Morgan fingerprint density at radius 2 is 1.58 bits per heavy atom. The van der Waals surface area contributed by atoms with E-state index in [0.717, 1.165) is 21.2 Å². The maximum absolute atomic E-state index is 12.3. The van der Waals surface area contributed by atoms with Crippen molar-refractivity contribution in [2.75, 3.05) is 13.7 Å². The molecule has 0 spiro atoms. The first-order valence-corrected chi connectivity index (χ1v) is 9.18. The Hall–Kier alpha value is -2.59. The molecule has 0 bridgehead atoms. The highest BCUT2D eigenvalue weighted by Gasteiger charge is 2.12. The van der Waals surface area contributed by atoms with Gasteiger partial charge in [0.1, 0.15) is 5.75 Å². The second-order valence-electron chi connectivity index (χ2n) is 6.04. The van der Waals surface area contributed by atoms with Crippen molar-refractivity contribution in [3.05, 3.63) is 88.9 Å². The summed E-state index contributed by atoms with van der Waals surface area (Å²) in [5.74, 6) is 0.596. The normalized spacial score (nSPS) is 10.4. The average Bonchev–Trinajstić information content (AvgIpc) is 2.68. The Bertz CT molecular complexity index is 866. The minimum absolute atomic E-state index is 0.00656. The molecule has 3 rings (SSSR count). The van der Waals surface area contributed by atoms with Gasteiger partial charge in [-0.25, -0.2) is 0 Å². The summed E-state index contributed by atoms with van der Waals surface area (Å²) in [7, 11) is 1.78. The van der Waals surface area contributed by atoms with E-state index in [1.807, 2.05) is 66.7 Å². The molecule has 0 radical (unpaired) electrons. The van der Waals surface area contributed by atoms with Crippen LogP contribution in [0.3, 0.4) is 0 Å². The fourth-order valence-electron chi connectivity index (χ4n) is 2.62. The number of rotatable bonds is 6. The number of carbonyl (C=O) groups excluding carboxylic acids is 1. The fourth-order valence-corrected chi connectivity index (χ4v) is 3.12. The fraction of sp³-hybridized carbons (Fsp3) is 0.136. The molecule has 3 nitrogen and oxygen atoms in total. The summed E-state index contributed by atoms with van der Waals surface area (Å²) in [5, 5.41) is 0. The minimum Gasteiger partial charge on any atom is -0.483 e. The molecule has 3 aromatic rings. The Morgan fingerprint density at radius 3 is 2.23 bits per heavy atom. The highest BCUT2D eigenvalue weighted by molar-refractivity contribution is 9.10. The van der Waals surface area contributed by atoms with E-state index >= 15 is 0 Å². The van der Waals surface area contributed by atoms with Crippen LogP contribution in [0.5, 0.6) is 5.75 Å². The van der Waals surface area contributed by atoms with Crippen molar-refractivity contribution in [2.45, 2.75) is 6.54 Å². The molecule has 0 fully saturated rings. The van der Waals surface area contributed by atoms with Crippen LogP contribution in [0.4, 0.5) is 0 Å². The van der Waals surface area contributed by atoms with Gasteiger partial charge in [-0.05, 0) is 44.8 Å². The number of amides is 1. The van der Waals surface area contributed by atoms with Crippen LogP contribution in [-0.4, -0.2) is 24.5 Å². The van der Waals surface area contributed by atoms with Gasteiger partial charge in [-0.3, -0.25) is 4.79 Å². The summed E-state index contributed by atoms with van der Waals surface area (Å²) in [5.41, 5.74) is 3.33. The molecule has 0 saturated carbocycles. The molecule has 0 aromatic heterocycles. The first kappa shape index (κ1) is 18.2. The smallest absolute Gasteiger partial charge is 0.260 e. The molecule has 0 unspecified atom stereocenters. The van der Waals surface area contributed by atoms with Crippen LogP contribution >= 0.6 is 15.9 Å². The van der Waals surface area contributed by atoms with Crippen molar-refractivity contribution >= 4 is 21.8 Å². The predicted octanol–water partition coefficient (Wildman–Crippen LogP) is 5.15. The van der Waals surface area contributed by atoms with Gasteiger partial charge < -0.3 is 9.64 Å². The van der Waals surface area contributed by atoms with Crippen LogP contribution in [-0.2, 0) is 11.3 Å². The lowest BCUT2D eigenvalue weighted by Crippen LogP contribution is -2.30. The van der Waals surface area contributed by atoms with Gasteiger partial charge in [0.2, 0.25) is 0 Å². The van der Waals surface area contributed by atoms with E-state index in [9.17, 15) is 4.79 Å². The molecule has 26 heavy (non-hydrogen) atoms. The molecule has 0 heterocycles. The van der Waals surface area contributed by atoms with E-state index in [1.54, 1.807) is 11.9 Å². The first-order chi connectivity index (χ1) is 12.6. The van der Waals surface area contributed by atoms with E-state index in [2.05, 4.69) is 28.1 Å². The highest BCUT2D eigenvalue weighted by Crippen LogP contribution is 2.30. The Labute approximate surface area is 162 Å². The molecular weight excluding hydrogens is 390 g/mol. The van der Waals surface area contributed by atoms with Crippen molar-refractivity contribution in [3.8, 4) is 16.9 Å². The maximum atomic E-state index is 12.3. The third-order valence-corrected chi connectivity index (χ3v) is 4.70. The lowest BCUT2D eigenvalue weighted by molar-refractivity contribution is -0.132. The Morgan fingerprint density at radius 1 is 0.923 bits per heavy atom. The van der Waals surface area contributed by atoms with E-state index in [4.69, 9.17) is 4.74 Å². The zero-order chi connectivity index (χ0) is 18.4. The zero-order valence-corrected chi connectivity index (χ0v) is 16.1. The average molecular weight is 410 g/mol. The van der Waals surface area contributed by atoms with Gasteiger partial charge in [0, 0.05) is 13.6 Å². The number of ether oxygens (including phenoxy) is 1. The van der Waals surface area contributed by atoms with Crippen molar-refractivity contribution in [1.29, 1.82) is 0 Å². The van der Waals surface area contributed by atoms with Crippen LogP contribution in [0.2, 0.25) is 0 Å².